The molecule has 0 radical (unpaired) electrons. The van der Waals surface area contributed by atoms with Crippen LogP contribution in [0.3, 0.4) is 0 Å². The molecule has 1 N–H and O–H groups in total. The average Bonchev–Trinajstić information content (AvgIpc) is 2.46. The molecule has 0 fully saturated rings. The summed E-state index contributed by atoms with van der Waals surface area (Å²) in [6.45, 7) is 0.377. The summed E-state index contributed by atoms with van der Waals surface area (Å²) >= 11 is 0. The number of hydrogen-bond acceptors (Lipinski definition) is 3. The molecular formula is C16H16FN3. The maximum absolute atomic E-state index is 13.8. The Bertz CT molecular complexity index is 644. The molecule has 0 aromatic heterocycles. The van der Waals surface area contributed by atoms with E-state index in [2.05, 4.69) is 5.32 Å². The predicted molar refractivity (Wildman–Crippen MR) is 79.2 cm³/mol. The van der Waals surface area contributed by atoms with Crippen LogP contribution in [0.2, 0.25) is 0 Å². The monoisotopic (exact) mass is 269 g/mol. The van der Waals surface area contributed by atoms with Crippen LogP contribution in [0.5, 0.6) is 0 Å². The van der Waals surface area contributed by atoms with Gasteiger partial charge in [-0.15, -0.1) is 0 Å². The van der Waals surface area contributed by atoms with E-state index in [-0.39, 0.29) is 5.82 Å². The third kappa shape index (κ3) is 3.07. The molecule has 20 heavy (non-hydrogen) atoms. The number of nitriles is 1. The Morgan fingerprint density at radius 3 is 2.60 bits per heavy atom. The number of rotatable bonds is 4. The summed E-state index contributed by atoms with van der Waals surface area (Å²) in [4.78, 5) is 2.00. The molecule has 0 aliphatic carbocycles. The van der Waals surface area contributed by atoms with E-state index in [0.29, 0.717) is 17.7 Å². The van der Waals surface area contributed by atoms with Crippen molar-refractivity contribution in [3.63, 3.8) is 0 Å². The summed E-state index contributed by atoms with van der Waals surface area (Å²) in [5, 5.41) is 11.9. The molecule has 4 heteroatoms. The van der Waals surface area contributed by atoms with E-state index >= 15 is 0 Å². The van der Waals surface area contributed by atoms with Crippen molar-refractivity contribution >= 4 is 11.4 Å². The SMILES string of the molecule is CN(C)c1ccccc1NCc1ccc(C#N)cc1F. The molecule has 0 amide bonds. The van der Waals surface area contributed by atoms with Crippen LogP contribution in [-0.2, 0) is 6.54 Å². The van der Waals surface area contributed by atoms with E-state index in [9.17, 15) is 4.39 Å². The third-order valence-electron chi connectivity index (χ3n) is 3.04. The van der Waals surface area contributed by atoms with Gasteiger partial charge in [0.2, 0.25) is 0 Å². The van der Waals surface area contributed by atoms with Gasteiger partial charge in [0.1, 0.15) is 5.82 Å². The summed E-state index contributed by atoms with van der Waals surface area (Å²) in [6, 6.07) is 14.3. The minimum absolute atomic E-state index is 0.333. The van der Waals surface area contributed by atoms with Gasteiger partial charge in [-0.1, -0.05) is 18.2 Å². The second-order valence-corrected chi connectivity index (χ2v) is 4.68. The lowest BCUT2D eigenvalue weighted by molar-refractivity contribution is 0.612. The lowest BCUT2D eigenvalue weighted by atomic mass is 10.1. The molecule has 0 aliphatic rings. The van der Waals surface area contributed by atoms with Crippen molar-refractivity contribution in [1.82, 2.24) is 0 Å². The molecule has 0 spiro atoms. The van der Waals surface area contributed by atoms with Crippen LogP contribution >= 0.6 is 0 Å². The zero-order valence-electron chi connectivity index (χ0n) is 11.5. The third-order valence-corrected chi connectivity index (χ3v) is 3.04. The lowest BCUT2D eigenvalue weighted by Gasteiger charge is -2.18. The summed E-state index contributed by atoms with van der Waals surface area (Å²) in [5.41, 5.74) is 2.86. The Morgan fingerprint density at radius 2 is 1.95 bits per heavy atom. The van der Waals surface area contributed by atoms with Crippen molar-refractivity contribution in [1.29, 1.82) is 5.26 Å². The van der Waals surface area contributed by atoms with Crippen LogP contribution in [0.15, 0.2) is 42.5 Å². The average molecular weight is 269 g/mol. The fourth-order valence-corrected chi connectivity index (χ4v) is 1.96. The van der Waals surface area contributed by atoms with E-state index in [1.54, 1.807) is 12.1 Å². The second-order valence-electron chi connectivity index (χ2n) is 4.68. The molecular weight excluding hydrogens is 253 g/mol. The lowest BCUT2D eigenvalue weighted by Crippen LogP contribution is -2.12. The topological polar surface area (TPSA) is 39.1 Å². The first-order valence-corrected chi connectivity index (χ1v) is 6.30. The Balaban J connectivity index is 2.15. The molecule has 102 valence electrons. The van der Waals surface area contributed by atoms with Gasteiger partial charge in [-0.3, -0.25) is 0 Å². The smallest absolute Gasteiger partial charge is 0.129 e. The number of hydrogen-bond donors (Lipinski definition) is 1. The highest BCUT2D eigenvalue weighted by Gasteiger charge is 2.06. The number of para-hydroxylation sites is 2. The van der Waals surface area contributed by atoms with Crippen molar-refractivity contribution in [2.45, 2.75) is 6.54 Å². The van der Waals surface area contributed by atoms with Gasteiger partial charge in [0, 0.05) is 26.2 Å². The molecule has 0 saturated carbocycles. The van der Waals surface area contributed by atoms with Gasteiger partial charge in [-0.25, -0.2) is 4.39 Å². The van der Waals surface area contributed by atoms with Crippen LogP contribution in [-0.4, -0.2) is 14.1 Å². The van der Waals surface area contributed by atoms with Gasteiger partial charge in [0.25, 0.3) is 0 Å². The van der Waals surface area contributed by atoms with E-state index in [1.807, 2.05) is 49.3 Å². The van der Waals surface area contributed by atoms with Crippen molar-refractivity contribution < 1.29 is 4.39 Å². The zero-order valence-corrected chi connectivity index (χ0v) is 11.5. The van der Waals surface area contributed by atoms with Gasteiger partial charge < -0.3 is 10.2 Å². The van der Waals surface area contributed by atoms with Crippen LogP contribution in [0.4, 0.5) is 15.8 Å². The van der Waals surface area contributed by atoms with Gasteiger partial charge in [0.15, 0.2) is 0 Å². The van der Waals surface area contributed by atoms with Crippen molar-refractivity contribution in [2.75, 3.05) is 24.3 Å². The molecule has 0 saturated heterocycles. The summed E-state index contributed by atoms with van der Waals surface area (Å²) in [6.07, 6.45) is 0. The van der Waals surface area contributed by atoms with Crippen LogP contribution < -0.4 is 10.2 Å². The second kappa shape index (κ2) is 6.07. The molecule has 0 unspecified atom stereocenters. The first kappa shape index (κ1) is 13.9. The minimum Gasteiger partial charge on any atom is -0.379 e. The summed E-state index contributed by atoms with van der Waals surface area (Å²) < 4.78 is 13.8. The van der Waals surface area contributed by atoms with Gasteiger partial charge >= 0.3 is 0 Å². The highest BCUT2D eigenvalue weighted by atomic mass is 19.1. The maximum atomic E-state index is 13.8. The molecule has 0 aliphatic heterocycles. The summed E-state index contributed by atoms with van der Waals surface area (Å²) in [7, 11) is 3.92. The first-order chi connectivity index (χ1) is 9.61. The van der Waals surface area contributed by atoms with E-state index in [1.165, 1.54) is 6.07 Å². The minimum atomic E-state index is -0.362. The van der Waals surface area contributed by atoms with Gasteiger partial charge in [0.05, 0.1) is 23.0 Å². The summed E-state index contributed by atoms with van der Waals surface area (Å²) in [5.74, 6) is -0.362. The number of nitrogens with one attached hydrogen (secondary N) is 1. The van der Waals surface area contributed by atoms with Crippen LogP contribution in [0.1, 0.15) is 11.1 Å². The molecule has 0 atom stereocenters. The van der Waals surface area contributed by atoms with Gasteiger partial charge in [-0.05, 0) is 24.3 Å². The Kier molecular flexibility index (Phi) is 4.21. The highest BCUT2D eigenvalue weighted by Crippen LogP contribution is 2.24. The Morgan fingerprint density at radius 1 is 1.20 bits per heavy atom. The Labute approximate surface area is 118 Å². The zero-order chi connectivity index (χ0) is 14.5. The first-order valence-electron chi connectivity index (χ1n) is 6.30. The molecule has 2 aromatic rings. The normalized spacial score (nSPS) is 9.90. The molecule has 2 rings (SSSR count). The van der Waals surface area contributed by atoms with Crippen molar-refractivity contribution in [2.24, 2.45) is 0 Å². The molecule has 0 bridgehead atoms. The van der Waals surface area contributed by atoms with Crippen molar-refractivity contribution in [3.8, 4) is 6.07 Å². The highest BCUT2D eigenvalue weighted by molar-refractivity contribution is 5.69. The predicted octanol–water partition coefficient (Wildman–Crippen LogP) is 3.38. The standard InChI is InChI=1S/C16H16FN3/c1-20(2)16-6-4-3-5-15(16)19-11-13-8-7-12(10-18)9-14(13)17/h3-9,19H,11H2,1-2H3. The maximum Gasteiger partial charge on any atom is 0.129 e. The number of nitrogens with zero attached hydrogens (tertiary/aromatic N) is 2. The fourth-order valence-electron chi connectivity index (χ4n) is 1.96. The van der Waals surface area contributed by atoms with E-state index in [4.69, 9.17) is 5.26 Å². The van der Waals surface area contributed by atoms with Crippen LogP contribution in [0, 0.1) is 17.1 Å². The van der Waals surface area contributed by atoms with E-state index < -0.39 is 0 Å². The van der Waals surface area contributed by atoms with Crippen molar-refractivity contribution in [3.05, 3.63) is 59.4 Å². The molecule has 2 aromatic carbocycles. The van der Waals surface area contributed by atoms with Gasteiger partial charge in [-0.2, -0.15) is 5.26 Å². The van der Waals surface area contributed by atoms with E-state index in [0.717, 1.165) is 11.4 Å². The number of benzene rings is 2. The molecule has 0 heterocycles. The van der Waals surface area contributed by atoms with Crippen LogP contribution in [0.25, 0.3) is 0 Å². The Hall–Kier alpha value is -2.54. The largest absolute Gasteiger partial charge is 0.379 e. The number of anilines is 2. The molecule has 3 nitrogen and oxygen atoms in total. The number of halogens is 1. The fraction of sp³-hybridized carbons (Fsp3) is 0.188. The quantitative estimate of drug-likeness (QED) is 0.924.